The minimum absolute atomic E-state index is 0.00503. The van der Waals surface area contributed by atoms with Crippen LogP contribution in [0.25, 0.3) is 28.1 Å². The summed E-state index contributed by atoms with van der Waals surface area (Å²) in [4.78, 5) is 16.2. The summed E-state index contributed by atoms with van der Waals surface area (Å²) in [7, 11) is 0. The van der Waals surface area contributed by atoms with Gasteiger partial charge in [0.05, 0.1) is 16.5 Å². The maximum absolute atomic E-state index is 13.7. The first-order valence-corrected chi connectivity index (χ1v) is 6.32. The predicted octanol–water partition coefficient (Wildman–Crippen LogP) is 0.808. The summed E-state index contributed by atoms with van der Waals surface area (Å²) in [6, 6.07) is 5.45. The summed E-state index contributed by atoms with van der Waals surface area (Å²) in [6.07, 6.45) is 5.22. The van der Waals surface area contributed by atoms with Crippen LogP contribution in [0.3, 0.4) is 0 Å². The summed E-state index contributed by atoms with van der Waals surface area (Å²) >= 11 is 0. The van der Waals surface area contributed by atoms with E-state index in [0.29, 0.717) is 5.65 Å². The number of halogens is 1. The molecule has 0 aliphatic rings. The summed E-state index contributed by atoms with van der Waals surface area (Å²) in [5.41, 5.74) is 0.143. The summed E-state index contributed by atoms with van der Waals surface area (Å²) in [5.74, 6) is 1.46. The van der Waals surface area contributed by atoms with Crippen LogP contribution < -0.4 is 5.63 Å². The predicted molar refractivity (Wildman–Crippen MR) is 75.7 cm³/mol. The molecule has 110 valence electrons. The van der Waals surface area contributed by atoms with Gasteiger partial charge in [0.15, 0.2) is 5.65 Å². The van der Waals surface area contributed by atoms with Gasteiger partial charge in [-0.25, -0.2) is 14.2 Å². The molecule has 0 saturated carbocycles. The molecule has 23 heavy (non-hydrogen) atoms. The molecule has 4 rings (SSSR count). The number of aromatic nitrogens is 6. The van der Waals surface area contributed by atoms with E-state index in [4.69, 9.17) is 10.8 Å². The Hall–Kier alpha value is -3.67. The molecule has 0 bridgehead atoms. The molecule has 0 fully saturated rings. The molecule has 0 unspecified atom stereocenters. The van der Waals surface area contributed by atoms with Crippen LogP contribution in [0.5, 0.6) is 0 Å². The van der Waals surface area contributed by atoms with E-state index in [1.54, 1.807) is 12.1 Å². The number of benzene rings is 1. The third-order valence-corrected chi connectivity index (χ3v) is 3.16. The molecule has 8 nitrogen and oxygen atoms in total. The molecule has 9 heteroatoms. The van der Waals surface area contributed by atoms with Crippen LogP contribution in [-0.2, 0) is 0 Å². The van der Waals surface area contributed by atoms with E-state index in [1.807, 2.05) is 0 Å². The molecule has 0 saturated heterocycles. The van der Waals surface area contributed by atoms with E-state index in [0.717, 1.165) is 6.07 Å². The van der Waals surface area contributed by atoms with Gasteiger partial charge in [-0.05, 0) is 34.7 Å². The van der Waals surface area contributed by atoms with Gasteiger partial charge < -0.3 is 4.42 Å². The number of fused-ring (bicyclic) bond motifs is 2. The third-order valence-electron chi connectivity index (χ3n) is 3.16. The van der Waals surface area contributed by atoms with Gasteiger partial charge in [0.1, 0.15) is 11.5 Å². The highest BCUT2D eigenvalue weighted by atomic mass is 19.1. The van der Waals surface area contributed by atoms with Crippen molar-refractivity contribution in [1.29, 1.82) is 0 Å². The molecular formula is C14H5FN6O2. The molecule has 0 aliphatic carbocycles. The highest BCUT2D eigenvalue weighted by Gasteiger charge is 2.13. The highest BCUT2D eigenvalue weighted by Crippen LogP contribution is 2.19. The smallest absolute Gasteiger partial charge is 0.347 e. The third kappa shape index (κ3) is 2.01. The van der Waals surface area contributed by atoms with Crippen LogP contribution in [0.2, 0.25) is 0 Å². The van der Waals surface area contributed by atoms with Crippen molar-refractivity contribution < 1.29 is 8.81 Å². The van der Waals surface area contributed by atoms with Crippen molar-refractivity contribution in [3.8, 4) is 23.9 Å². The van der Waals surface area contributed by atoms with Crippen molar-refractivity contribution in [2.45, 2.75) is 0 Å². The second kappa shape index (κ2) is 4.67. The van der Waals surface area contributed by atoms with Gasteiger partial charge in [-0.2, -0.15) is 0 Å². The molecule has 0 spiro atoms. The lowest BCUT2D eigenvalue weighted by atomic mass is 10.1. The zero-order chi connectivity index (χ0) is 16.0. The van der Waals surface area contributed by atoms with Gasteiger partial charge in [0.25, 0.3) is 5.89 Å². The summed E-state index contributed by atoms with van der Waals surface area (Å²) in [6.45, 7) is 0. The van der Waals surface area contributed by atoms with E-state index in [1.165, 1.54) is 10.7 Å². The average Bonchev–Trinajstić information content (AvgIpc) is 3.02. The first-order valence-electron chi connectivity index (χ1n) is 6.32. The molecule has 0 radical (unpaired) electrons. The maximum Gasteiger partial charge on any atom is 0.347 e. The molecule has 0 atom stereocenters. The lowest BCUT2D eigenvalue weighted by Crippen LogP contribution is -2.06. The zero-order valence-electron chi connectivity index (χ0n) is 11.3. The zero-order valence-corrected chi connectivity index (χ0v) is 11.3. The number of hydrogen-bond donors (Lipinski definition) is 0. The number of rotatable bonds is 1. The van der Waals surface area contributed by atoms with Crippen LogP contribution in [-0.4, -0.2) is 30.2 Å². The Kier molecular flexibility index (Phi) is 2.65. The molecule has 4 aromatic rings. The fourth-order valence-corrected chi connectivity index (χ4v) is 2.08. The molecular weight excluding hydrogens is 303 g/mol. The van der Waals surface area contributed by atoms with Crippen molar-refractivity contribution >= 4 is 16.6 Å². The molecule has 0 N–H and O–H groups in total. The van der Waals surface area contributed by atoms with Crippen molar-refractivity contribution in [3.05, 3.63) is 46.1 Å². The van der Waals surface area contributed by atoms with Gasteiger partial charge in [-0.15, -0.1) is 21.3 Å². The first-order chi connectivity index (χ1) is 11.2. The summed E-state index contributed by atoms with van der Waals surface area (Å²) in [5, 5.41) is 14.9. The van der Waals surface area contributed by atoms with Crippen LogP contribution in [0, 0.1) is 18.2 Å². The Labute approximate surface area is 126 Å². The SMILES string of the molecule is C#Cc1cc2nc(-c3ccc4nnnn4n3)oc(=O)c2cc1F. The fraction of sp³-hybridized carbons (Fsp3) is 0. The number of tetrazole rings is 1. The molecule has 0 aliphatic heterocycles. The lowest BCUT2D eigenvalue weighted by molar-refractivity contribution is 0.513. The molecule has 3 heterocycles. The minimum atomic E-state index is -0.744. The number of nitrogens with zero attached hydrogens (tertiary/aromatic N) is 6. The number of terminal acetylenes is 1. The minimum Gasteiger partial charge on any atom is -0.401 e. The topological polar surface area (TPSA) is 99.1 Å². The fourth-order valence-electron chi connectivity index (χ4n) is 2.08. The van der Waals surface area contributed by atoms with Gasteiger partial charge >= 0.3 is 5.63 Å². The van der Waals surface area contributed by atoms with E-state index in [2.05, 4.69) is 31.5 Å². The van der Waals surface area contributed by atoms with Crippen LogP contribution in [0.1, 0.15) is 5.56 Å². The lowest BCUT2D eigenvalue weighted by Gasteiger charge is -2.02. The average molecular weight is 308 g/mol. The van der Waals surface area contributed by atoms with Crippen LogP contribution in [0.4, 0.5) is 4.39 Å². The Morgan fingerprint density at radius 2 is 2.17 bits per heavy atom. The van der Waals surface area contributed by atoms with E-state index in [9.17, 15) is 9.18 Å². The van der Waals surface area contributed by atoms with Gasteiger partial charge in [-0.1, -0.05) is 5.92 Å². The first kappa shape index (κ1) is 13.0. The monoisotopic (exact) mass is 308 g/mol. The summed E-state index contributed by atoms with van der Waals surface area (Å²) < 4.78 is 19.9. The van der Waals surface area contributed by atoms with Gasteiger partial charge in [-0.3, -0.25) is 0 Å². The quantitative estimate of drug-likeness (QED) is 0.480. The Balaban J connectivity index is 1.98. The molecule has 1 aromatic carbocycles. The van der Waals surface area contributed by atoms with E-state index >= 15 is 0 Å². The van der Waals surface area contributed by atoms with Crippen molar-refractivity contribution in [3.63, 3.8) is 0 Å². The molecule has 0 amide bonds. The second-order valence-electron chi connectivity index (χ2n) is 4.55. The van der Waals surface area contributed by atoms with Crippen molar-refractivity contribution in [2.75, 3.05) is 0 Å². The van der Waals surface area contributed by atoms with Crippen molar-refractivity contribution in [2.24, 2.45) is 0 Å². The van der Waals surface area contributed by atoms with Crippen LogP contribution >= 0.6 is 0 Å². The Morgan fingerprint density at radius 1 is 1.30 bits per heavy atom. The van der Waals surface area contributed by atoms with Gasteiger partial charge in [0.2, 0.25) is 0 Å². The van der Waals surface area contributed by atoms with Crippen molar-refractivity contribution in [1.82, 2.24) is 30.2 Å². The Bertz CT molecular complexity index is 1170. The maximum atomic E-state index is 13.7. The standard InChI is InChI=1S/C14H5FN6O2/c1-2-7-5-11-8(6-9(7)15)14(22)23-13(16-11)10-3-4-12-17-19-20-21(12)18-10/h1,3-6H. The molecule has 3 aromatic heterocycles. The number of hydrogen-bond acceptors (Lipinski definition) is 7. The Morgan fingerprint density at radius 3 is 3.00 bits per heavy atom. The largest absolute Gasteiger partial charge is 0.401 e. The normalized spacial score (nSPS) is 11.0. The van der Waals surface area contributed by atoms with Crippen LogP contribution in [0.15, 0.2) is 33.5 Å². The second-order valence-corrected chi connectivity index (χ2v) is 4.55. The van der Waals surface area contributed by atoms with E-state index in [-0.39, 0.29) is 28.1 Å². The highest BCUT2D eigenvalue weighted by molar-refractivity contribution is 5.80. The van der Waals surface area contributed by atoms with E-state index < -0.39 is 11.4 Å². The van der Waals surface area contributed by atoms with Gasteiger partial charge in [0, 0.05) is 0 Å².